The molecule has 1 heterocycles. The Labute approximate surface area is 127 Å². The number of nitrogens with one attached hydrogen (secondary N) is 1. The number of benzene rings is 1. The minimum atomic E-state index is 0.217. The van der Waals surface area contributed by atoms with Gasteiger partial charge in [0.25, 0.3) is 0 Å². The van der Waals surface area contributed by atoms with Crippen LogP contribution in [0.15, 0.2) is 36.5 Å². The van der Waals surface area contributed by atoms with Crippen molar-refractivity contribution < 1.29 is 4.74 Å². The Bertz CT molecular complexity index is 560. The standard InChI is InChI=1S/C18H26N2O/c1-18(2,3)20-12-5-4-6-13-21-16-10-9-15-8-7-11-19-17(15)14-16/h7-11,14,20H,4-6,12-13H2,1-3H3. The highest BCUT2D eigenvalue weighted by atomic mass is 16.5. The summed E-state index contributed by atoms with van der Waals surface area (Å²) in [5, 5.41) is 4.65. The van der Waals surface area contributed by atoms with Crippen molar-refractivity contribution in [3.63, 3.8) is 0 Å². The quantitative estimate of drug-likeness (QED) is 0.776. The van der Waals surface area contributed by atoms with E-state index in [0.29, 0.717) is 0 Å². The zero-order chi connectivity index (χ0) is 15.1. The van der Waals surface area contributed by atoms with Crippen LogP contribution >= 0.6 is 0 Å². The van der Waals surface area contributed by atoms with Crippen LogP contribution in [0.3, 0.4) is 0 Å². The van der Waals surface area contributed by atoms with Gasteiger partial charge in [-0.3, -0.25) is 4.98 Å². The summed E-state index contributed by atoms with van der Waals surface area (Å²) in [6.45, 7) is 8.44. The van der Waals surface area contributed by atoms with E-state index in [2.05, 4.69) is 43.2 Å². The molecule has 0 saturated carbocycles. The highest BCUT2D eigenvalue weighted by Gasteiger charge is 2.06. The Hall–Kier alpha value is -1.61. The van der Waals surface area contributed by atoms with Crippen molar-refractivity contribution in [3.05, 3.63) is 36.5 Å². The number of fused-ring (bicyclic) bond motifs is 1. The molecule has 2 aromatic rings. The van der Waals surface area contributed by atoms with Gasteiger partial charge in [-0.25, -0.2) is 0 Å². The van der Waals surface area contributed by atoms with Crippen molar-refractivity contribution in [3.8, 4) is 5.75 Å². The summed E-state index contributed by atoms with van der Waals surface area (Å²) >= 11 is 0. The molecule has 0 unspecified atom stereocenters. The van der Waals surface area contributed by atoms with Crippen molar-refractivity contribution in [2.45, 2.75) is 45.6 Å². The lowest BCUT2D eigenvalue weighted by atomic mass is 10.1. The zero-order valence-electron chi connectivity index (χ0n) is 13.4. The molecule has 0 amide bonds. The van der Waals surface area contributed by atoms with Crippen LogP contribution in [0.5, 0.6) is 5.75 Å². The van der Waals surface area contributed by atoms with Crippen molar-refractivity contribution in [1.82, 2.24) is 10.3 Å². The molecule has 21 heavy (non-hydrogen) atoms. The first-order chi connectivity index (χ1) is 10.0. The molecule has 0 aliphatic rings. The van der Waals surface area contributed by atoms with Gasteiger partial charge < -0.3 is 10.1 Å². The summed E-state index contributed by atoms with van der Waals surface area (Å²) in [5.74, 6) is 0.911. The minimum Gasteiger partial charge on any atom is -0.494 e. The third-order valence-corrected chi connectivity index (χ3v) is 3.32. The fourth-order valence-corrected chi connectivity index (χ4v) is 2.19. The second kappa shape index (κ2) is 7.41. The number of rotatable bonds is 7. The Morgan fingerprint density at radius 2 is 1.95 bits per heavy atom. The molecule has 0 bridgehead atoms. The Balaban J connectivity index is 1.66. The van der Waals surface area contributed by atoms with E-state index >= 15 is 0 Å². The predicted octanol–water partition coefficient (Wildman–Crippen LogP) is 4.17. The molecule has 0 aliphatic heterocycles. The van der Waals surface area contributed by atoms with Crippen LogP contribution in [-0.4, -0.2) is 23.7 Å². The van der Waals surface area contributed by atoms with E-state index in [4.69, 9.17) is 4.74 Å². The third-order valence-electron chi connectivity index (χ3n) is 3.32. The predicted molar refractivity (Wildman–Crippen MR) is 88.8 cm³/mol. The van der Waals surface area contributed by atoms with Gasteiger partial charge in [-0.1, -0.05) is 6.07 Å². The molecule has 0 spiro atoms. The van der Waals surface area contributed by atoms with E-state index in [0.717, 1.165) is 36.2 Å². The average Bonchev–Trinajstić information content (AvgIpc) is 2.45. The molecule has 0 atom stereocenters. The van der Waals surface area contributed by atoms with Crippen LogP contribution in [0.4, 0.5) is 0 Å². The first-order valence-electron chi connectivity index (χ1n) is 7.77. The van der Waals surface area contributed by atoms with Gasteiger partial charge in [-0.15, -0.1) is 0 Å². The highest BCUT2D eigenvalue weighted by molar-refractivity contribution is 5.79. The fourth-order valence-electron chi connectivity index (χ4n) is 2.19. The van der Waals surface area contributed by atoms with Gasteiger partial charge in [0.2, 0.25) is 0 Å². The first-order valence-corrected chi connectivity index (χ1v) is 7.77. The summed E-state index contributed by atoms with van der Waals surface area (Å²) < 4.78 is 5.80. The molecule has 0 saturated heterocycles. The molecule has 114 valence electrons. The van der Waals surface area contributed by atoms with Gasteiger partial charge in [-0.2, -0.15) is 0 Å². The Morgan fingerprint density at radius 3 is 2.76 bits per heavy atom. The number of hydrogen-bond donors (Lipinski definition) is 1. The minimum absolute atomic E-state index is 0.217. The number of hydrogen-bond acceptors (Lipinski definition) is 3. The molecule has 1 aromatic heterocycles. The topological polar surface area (TPSA) is 34.1 Å². The van der Waals surface area contributed by atoms with Gasteiger partial charge in [0.15, 0.2) is 0 Å². The molecular weight excluding hydrogens is 260 g/mol. The average molecular weight is 286 g/mol. The number of unbranched alkanes of at least 4 members (excludes halogenated alkanes) is 2. The van der Waals surface area contributed by atoms with Crippen LogP contribution in [0.2, 0.25) is 0 Å². The van der Waals surface area contributed by atoms with Gasteiger partial charge in [0.05, 0.1) is 12.1 Å². The number of nitrogens with zero attached hydrogens (tertiary/aromatic N) is 1. The molecule has 3 nitrogen and oxygen atoms in total. The lowest BCUT2D eigenvalue weighted by Crippen LogP contribution is -2.36. The summed E-state index contributed by atoms with van der Waals surface area (Å²) in [6, 6.07) is 10.1. The van der Waals surface area contributed by atoms with Crippen molar-refractivity contribution >= 4 is 10.9 Å². The SMILES string of the molecule is CC(C)(C)NCCCCCOc1ccc2cccnc2c1. The molecule has 1 aromatic carbocycles. The second-order valence-corrected chi connectivity index (χ2v) is 6.44. The lowest BCUT2D eigenvalue weighted by Gasteiger charge is -2.20. The third kappa shape index (κ3) is 5.72. The molecule has 1 N–H and O–H groups in total. The molecule has 0 fully saturated rings. The van der Waals surface area contributed by atoms with Crippen molar-refractivity contribution in [2.75, 3.05) is 13.2 Å². The maximum atomic E-state index is 5.80. The second-order valence-electron chi connectivity index (χ2n) is 6.44. The van der Waals surface area contributed by atoms with Gasteiger partial charge in [0, 0.05) is 23.2 Å². The molecule has 0 aliphatic carbocycles. The van der Waals surface area contributed by atoms with E-state index in [9.17, 15) is 0 Å². The van der Waals surface area contributed by atoms with Gasteiger partial charge in [-0.05, 0) is 64.8 Å². The summed E-state index contributed by atoms with van der Waals surface area (Å²) in [4.78, 5) is 4.35. The van der Waals surface area contributed by atoms with Crippen LogP contribution in [-0.2, 0) is 0 Å². The zero-order valence-corrected chi connectivity index (χ0v) is 13.4. The summed E-state index contributed by atoms with van der Waals surface area (Å²) in [6.07, 6.45) is 5.29. The molecular formula is C18H26N2O. The van der Waals surface area contributed by atoms with Crippen LogP contribution < -0.4 is 10.1 Å². The largest absolute Gasteiger partial charge is 0.494 e. The smallest absolute Gasteiger partial charge is 0.121 e. The van der Waals surface area contributed by atoms with E-state index in [-0.39, 0.29) is 5.54 Å². The molecule has 2 rings (SSSR count). The van der Waals surface area contributed by atoms with Gasteiger partial charge in [0.1, 0.15) is 5.75 Å². The van der Waals surface area contributed by atoms with E-state index < -0.39 is 0 Å². The lowest BCUT2D eigenvalue weighted by molar-refractivity contribution is 0.303. The number of ether oxygens (including phenoxy) is 1. The van der Waals surface area contributed by atoms with Crippen LogP contribution in [0, 0.1) is 0 Å². The highest BCUT2D eigenvalue weighted by Crippen LogP contribution is 2.18. The Kier molecular flexibility index (Phi) is 5.57. The molecule has 3 heteroatoms. The van der Waals surface area contributed by atoms with Crippen LogP contribution in [0.1, 0.15) is 40.0 Å². The number of aromatic nitrogens is 1. The number of pyridine rings is 1. The Morgan fingerprint density at radius 1 is 1.10 bits per heavy atom. The normalized spacial score (nSPS) is 11.8. The summed E-state index contributed by atoms with van der Waals surface area (Å²) in [7, 11) is 0. The van der Waals surface area contributed by atoms with Crippen molar-refractivity contribution in [2.24, 2.45) is 0 Å². The maximum Gasteiger partial charge on any atom is 0.121 e. The monoisotopic (exact) mass is 286 g/mol. The van der Waals surface area contributed by atoms with E-state index in [1.54, 1.807) is 0 Å². The van der Waals surface area contributed by atoms with E-state index in [1.807, 2.05) is 24.4 Å². The van der Waals surface area contributed by atoms with Gasteiger partial charge >= 0.3 is 0 Å². The van der Waals surface area contributed by atoms with Crippen molar-refractivity contribution in [1.29, 1.82) is 0 Å². The maximum absolute atomic E-state index is 5.80. The van der Waals surface area contributed by atoms with E-state index in [1.165, 1.54) is 12.8 Å². The fraction of sp³-hybridized carbons (Fsp3) is 0.500. The summed E-state index contributed by atoms with van der Waals surface area (Å²) in [5.41, 5.74) is 1.21. The first kappa shape index (κ1) is 15.8. The molecule has 0 radical (unpaired) electrons. The van der Waals surface area contributed by atoms with Crippen LogP contribution in [0.25, 0.3) is 10.9 Å².